The highest BCUT2D eigenvalue weighted by Crippen LogP contribution is 2.21. The SMILES string of the molecule is CCCC[C@H](CC)CNC(=O)[C@H](C)N(c1ccc(F)cc1)S(C)(=O)=O. The second kappa shape index (κ2) is 9.75. The first kappa shape index (κ1) is 21.4. The molecule has 142 valence electrons. The van der Waals surface area contributed by atoms with Gasteiger partial charge in [0, 0.05) is 6.54 Å². The van der Waals surface area contributed by atoms with E-state index >= 15 is 0 Å². The molecule has 0 aliphatic heterocycles. The Morgan fingerprint density at radius 2 is 1.84 bits per heavy atom. The Kier molecular flexibility index (Phi) is 8.35. The number of hydrogen-bond donors (Lipinski definition) is 1. The van der Waals surface area contributed by atoms with Crippen molar-refractivity contribution >= 4 is 21.6 Å². The largest absolute Gasteiger partial charge is 0.354 e. The van der Waals surface area contributed by atoms with E-state index in [1.807, 2.05) is 0 Å². The van der Waals surface area contributed by atoms with Crippen LogP contribution < -0.4 is 9.62 Å². The third-order valence-corrected chi connectivity index (χ3v) is 5.52. The number of unbranched alkanes of at least 4 members (excludes halogenated alkanes) is 1. The number of sulfonamides is 1. The molecule has 0 aliphatic rings. The van der Waals surface area contributed by atoms with Crippen LogP contribution in [0.3, 0.4) is 0 Å². The van der Waals surface area contributed by atoms with Crippen molar-refractivity contribution < 1.29 is 17.6 Å². The van der Waals surface area contributed by atoms with Crippen LogP contribution in [0.4, 0.5) is 10.1 Å². The number of carbonyl (C=O) groups is 1. The van der Waals surface area contributed by atoms with E-state index in [0.717, 1.165) is 36.2 Å². The second-order valence-corrected chi connectivity index (χ2v) is 8.23. The Morgan fingerprint density at radius 3 is 2.32 bits per heavy atom. The minimum absolute atomic E-state index is 0.268. The first-order valence-electron chi connectivity index (χ1n) is 8.73. The molecule has 1 rings (SSSR count). The van der Waals surface area contributed by atoms with Crippen molar-refractivity contribution in [2.75, 3.05) is 17.1 Å². The molecule has 0 radical (unpaired) electrons. The molecular weight excluding hydrogens is 343 g/mol. The Morgan fingerprint density at radius 1 is 1.24 bits per heavy atom. The maximum Gasteiger partial charge on any atom is 0.243 e. The molecule has 0 aliphatic carbocycles. The summed E-state index contributed by atoms with van der Waals surface area (Å²) in [5.74, 6) is -0.436. The van der Waals surface area contributed by atoms with Gasteiger partial charge in [-0.3, -0.25) is 9.10 Å². The predicted octanol–water partition coefficient (Wildman–Crippen LogP) is 3.31. The van der Waals surface area contributed by atoms with Crippen LogP contribution in [0.25, 0.3) is 0 Å². The molecule has 1 amide bonds. The smallest absolute Gasteiger partial charge is 0.243 e. The number of hydrogen-bond acceptors (Lipinski definition) is 3. The third kappa shape index (κ3) is 6.65. The highest BCUT2D eigenvalue weighted by molar-refractivity contribution is 7.92. The fourth-order valence-electron chi connectivity index (χ4n) is 2.73. The van der Waals surface area contributed by atoms with Gasteiger partial charge in [-0.05, 0) is 43.5 Å². The van der Waals surface area contributed by atoms with E-state index in [4.69, 9.17) is 0 Å². The zero-order valence-corrected chi connectivity index (χ0v) is 16.3. The van der Waals surface area contributed by atoms with Crippen LogP contribution in [-0.2, 0) is 14.8 Å². The first-order chi connectivity index (χ1) is 11.7. The maximum atomic E-state index is 13.1. The molecule has 0 fully saturated rings. The minimum Gasteiger partial charge on any atom is -0.354 e. The number of benzene rings is 1. The molecule has 5 nitrogen and oxygen atoms in total. The van der Waals surface area contributed by atoms with Gasteiger partial charge in [0.15, 0.2) is 0 Å². The summed E-state index contributed by atoms with van der Waals surface area (Å²) in [6.45, 7) is 6.27. The lowest BCUT2D eigenvalue weighted by Crippen LogP contribution is -2.48. The Labute approximate surface area is 150 Å². The van der Waals surface area contributed by atoms with Crippen LogP contribution in [0, 0.1) is 11.7 Å². The summed E-state index contributed by atoms with van der Waals surface area (Å²) in [6, 6.07) is 4.16. The molecule has 0 spiro atoms. The topological polar surface area (TPSA) is 66.5 Å². The lowest BCUT2D eigenvalue weighted by Gasteiger charge is -2.28. The highest BCUT2D eigenvalue weighted by atomic mass is 32.2. The number of anilines is 1. The normalized spacial score (nSPS) is 14.0. The van der Waals surface area contributed by atoms with E-state index in [2.05, 4.69) is 19.2 Å². The Bertz CT molecular complexity index is 647. The standard InChI is InChI=1S/C18H29FN2O3S/c1-5-7-8-15(6-2)13-20-18(22)14(3)21(25(4,23)24)17-11-9-16(19)10-12-17/h9-12,14-15H,5-8,13H2,1-4H3,(H,20,22)/t14-,15-/m0/s1. The summed E-state index contributed by atoms with van der Waals surface area (Å²) < 4.78 is 38.4. The molecule has 25 heavy (non-hydrogen) atoms. The molecule has 1 N–H and O–H groups in total. The molecule has 0 saturated heterocycles. The lowest BCUT2D eigenvalue weighted by atomic mass is 9.99. The van der Waals surface area contributed by atoms with E-state index in [9.17, 15) is 17.6 Å². The number of halogens is 1. The zero-order chi connectivity index (χ0) is 19.0. The number of nitrogens with zero attached hydrogens (tertiary/aromatic N) is 1. The molecule has 1 aromatic rings. The molecule has 2 atom stereocenters. The van der Waals surface area contributed by atoms with Crippen LogP contribution >= 0.6 is 0 Å². The minimum atomic E-state index is -3.68. The van der Waals surface area contributed by atoms with Gasteiger partial charge in [0.2, 0.25) is 15.9 Å². The summed E-state index contributed by atoms with van der Waals surface area (Å²) in [4.78, 5) is 12.5. The van der Waals surface area contributed by atoms with E-state index in [-0.39, 0.29) is 11.6 Å². The Hall–Kier alpha value is -1.63. The maximum absolute atomic E-state index is 13.1. The molecule has 0 unspecified atom stereocenters. The summed E-state index contributed by atoms with van der Waals surface area (Å²) in [5.41, 5.74) is 0.268. The number of amides is 1. The molecule has 0 heterocycles. The summed E-state index contributed by atoms with van der Waals surface area (Å²) >= 11 is 0. The van der Waals surface area contributed by atoms with Crippen molar-refractivity contribution in [3.63, 3.8) is 0 Å². The average Bonchev–Trinajstić information content (AvgIpc) is 2.55. The van der Waals surface area contributed by atoms with E-state index in [0.29, 0.717) is 12.5 Å². The summed E-state index contributed by atoms with van der Waals surface area (Å²) in [5, 5.41) is 2.86. The third-order valence-electron chi connectivity index (χ3n) is 4.28. The molecule has 1 aromatic carbocycles. The van der Waals surface area contributed by atoms with Gasteiger partial charge in [0.1, 0.15) is 11.9 Å². The molecule has 7 heteroatoms. The van der Waals surface area contributed by atoms with E-state index in [1.54, 1.807) is 0 Å². The van der Waals surface area contributed by atoms with Gasteiger partial charge in [-0.15, -0.1) is 0 Å². The molecule has 0 aromatic heterocycles. The van der Waals surface area contributed by atoms with Crippen molar-refractivity contribution in [1.82, 2.24) is 5.32 Å². The van der Waals surface area contributed by atoms with Gasteiger partial charge in [0.05, 0.1) is 11.9 Å². The predicted molar refractivity (Wildman–Crippen MR) is 99.5 cm³/mol. The van der Waals surface area contributed by atoms with Gasteiger partial charge in [-0.2, -0.15) is 0 Å². The van der Waals surface area contributed by atoms with Gasteiger partial charge < -0.3 is 5.32 Å². The average molecular weight is 373 g/mol. The van der Waals surface area contributed by atoms with Gasteiger partial charge in [-0.1, -0.05) is 33.1 Å². The van der Waals surface area contributed by atoms with Crippen molar-refractivity contribution in [1.29, 1.82) is 0 Å². The van der Waals surface area contributed by atoms with Crippen molar-refractivity contribution in [3.8, 4) is 0 Å². The van der Waals surface area contributed by atoms with E-state index in [1.165, 1.54) is 31.2 Å². The van der Waals surface area contributed by atoms with Crippen molar-refractivity contribution in [2.24, 2.45) is 5.92 Å². The fraction of sp³-hybridized carbons (Fsp3) is 0.611. The molecule has 0 saturated carbocycles. The van der Waals surface area contributed by atoms with Crippen molar-refractivity contribution in [3.05, 3.63) is 30.1 Å². The summed E-state index contributed by atoms with van der Waals surface area (Å²) in [7, 11) is -3.68. The zero-order valence-electron chi connectivity index (χ0n) is 15.5. The quantitative estimate of drug-likeness (QED) is 0.685. The highest BCUT2D eigenvalue weighted by Gasteiger charge is 2.29. The monoisotopic (exact) mass is 372 g/mol. The lowest BCUT2D eigenvalue weighted by molar-refractivity contribution is -0.122. The molecule has 0 bridgehead atoms. The van der Waals surface area contributed by atoms with Gasteiger partial charge in [-0.25, -0.2) is 12.8 Å². The number of nitrogens with one attached hydrogen (secondary N) is 1. The van der Waals surface area contributed by atoms with Crippen LogP contribution in [0.15, 0.2) is 24.3 Å². The van der Waals surface area contributed by atoms with Crippen LogP contribution in [0.2, 0.25) is 0 Å². The van der Waals surface area contributed by atoms with Gasteiger partial charge in [0.25, 0.3) is 0 Å². The van der Waals surface area contributed by atoms with E-state index < -0.39 is 21.9 Å². The van der Waals surface area contributed by atoms with Crippen molar-refractivity contribution in [2.45, 2.75) is 52.5 Å². The van der Waals surface area contributed by atoms with Crippen LogP contribution in [0.5, 0.6) is 0 Å². The fourth-order valence-corrected chi connectivity index (χ4v) is 3.91. The number of carbonyl (C=O) groups excluding carboxylic acids is 1. The summed E-state index contributed by atoms with van der Waals surface area (Å²) in [6.07, 6.45) is 5.25. The number of rotatable bonds is 10. The second-order valence-electron chi connectivity index (χ2n) is 6.37. The van der Waals surface area contributed by atoms with Gasteiger partial charge >= 0.3 is 0 Å². The van der Waals surface area contributed by atoms with Crippen LogP contribution in [0.1, 0.15) is 46.5 Å². The first-order valence-corrected chi connectivity index (χ1v) is 10.6. The Balaban J connectivity index is 2.85. The molecular formula is C18H29FN2O3S. The van der Waals surface area contributed by atoms with Crippen LogP contribution in [-0.4, -0.2) is 33.2 Å².